The second kappa shape index (κ2) is 7.07. The van der Waals surface area contributed by atoms with E-state index in [0.29, 0.717) is 12.8 Å². The second-order valence-electron chi connectivity index (χ2n) is 5.92. The van der Waals surface area contributed by atoms with E-state index in [9.17, 15) is 14.7 Å². The maximum atomic E-state index is 12.6. The van der Waals surface area contributed by atoms with Gasteiger partial charge in [-0.25, -0.2) is 0 Å². The number of carbonyl (C=O) groups is 2. The summed E-state index contributed by atoms with van der Waals surface area (Å²) in [6.45, 7) is 2.02. The number of likely N-dealkylation sites (N-methyl/N-ethyl adjacent to an activating group) is 1. The van der Waals surface area contributed by atoms with Crippen LogP contribution in [0.2, 0.25) is 0 Å². The smallest absolute Gasteiger partial charge is 0.307 e. The lowest BCUT2D eigenvalue weighted by molar-refractivity contribution is -0.152. The molecule has 1 amide bonds. The monoisotopic (exact) mass is 309 g/mol. The van der Waals surface area contributed by atoms with Gasteiger partial charge < -0.3 is 10.0 Å². The van der Waals surface area contributed by atoms with Crippen LogP contribution in [0.3, 0.4) is 0 Å². The third kappa shape index (κ3) is 3.84. The molecule has 3 unspecified atom stereocenters. The van der Waals surface area contributed by atoms with E-state index in [2.05, 4.69) is 6.07 Å². The molecule has 0 saturated heterocycles. The summed E-state index contributed by atoms with van der Waals surface area (Å²) in [7, 11) is 1.80. The second-order valence-corrected chi connectivity index (χ2v) is 6.95. The molecule has 0 aromatic carbocycles. The highest BCUT2D eigenvalue weighted by molar-refractivity contribution is 7.09. The van der Waals surface area contributed by atoms with Gasteiger partial charge in [0.05, 0.1) is 11.8 Å². The average Bonchev–Trinajstić information content (AvgIpc) is 2.98. The van der Waals surface area contributed by atoms with E-state index in [0.717, 1.165) is 19.3 Å². The van der Waals surface area contributed by atoms with Crippen LogP contribution in [0, 0.1) is 11.8 Å². The van der Waals surface area contributed by atoms with Gasteiger partial charge in [-0.05, 0) is 31.2 Å². The lowest BCUT2D eigenvalue weighted by atomic mass is 9.78. The molecule has 1 heterocycles. The predicted octanol–water partition coefficient (Wildman–Crippen LogP) is 3.03. The van der Waals surface area contributed by atoms with Crippen molar-refractivity contribution >= 4 is 23.2 Å². The van der Waals surface area contributed by atoms with Crippen LogP contribution < -0.4 is 0 Å². The average molecular weight is 309 g/mol. The van der Waals surface area contributed by atoms with Gasteiger partial charge in [0.2, 0.25) is 5.91 Å². The molecule has 1 aromatic rings. The van der Waals surface area contributed by atoms with E-state index in [4.69, 9.17) is 0 Å². The molecule has 1 aliphatic rings. The fourth-order valence-corrected chi connectivity index (χ4v) is 3.88. The fraction of sp³-hybridized carbons (Fsp3) is 0.625. The van der Waals surface area contributed by atoms with Gasteiger partial charge in [-0.15, -0.1) is 11.3 Å². The van der Waals surface area contributed by atoms with Crippen LogP contribution in [-0.4, -0.2) is 35.0 Å². The molecular weight excluding hydrogens is 286 g/mol. The third-order valence-corrected chi connectivity index (χ3v) is 5.38. The highest BCUT2D eigenvalue weighted by Gasteiger charge is 2.37. The Labute approximate surface area is 129 Å². The number of amides is 1. The van der Waals surface area contributed by atoms with Crippen molar-refractivity contribution in [2.45, 2.75) is 45.1 Å². The van der Waals surface area contributed by atoms with Crippen molar-refractivity contribution in [1.29, 1.82) is 0 Å². The van der Waals surface area contributed by atoms with Crippen molar-refractivity contribution in [3.63, 3.8) is 0 Å². The van der Waals surface area contributed by atoms with Crippen LogP contribution in [0.15, 0.2) is 17.5 Å². The first-order valence-electron chi connectivity index (χ1n) is 7.52. The van der Waals surface area contributed by atoms with E-state index in [-0.39, 0.29) is 17.9 Å². The number of carboxylic acids is 1. The van der Waals surface area contributed by atoms with Crippen LogP contribution in [0.4, 0.5) is 0 Å². The van der Waals surface area contributed by atoms with Crippen LogP contribution in [0.1, 0.15) is 37.5 Å². The van der Waals surface area contributed by atoms with Crippen molar-refractivity contribution in [2.24, 2.45) is 11.8 Å². The van der Waals surface area contributed by atoms with Gasteiger partial charge in [-0.1, -0.05) is 18.9 Å². The third-order valence-electron chi connectivity index (χ3n) is 4.49. The Bertz CT molecular complexity index is 486. The molecule has 0 bridgehead atoms. The Morgan fingerprint density at radius 3 is 2.62 bits per heavy atom. The van der Waals surface area contributed by atoms with Crippen molar-refractivity contribution in [3.05, 3.63) is 22.4 Å². The highest BCUT2D eigenvalue weighted by Crippen LogP contribution is 2.32. The summed E-state index contributed by atoms with van der Waals surface area (Å²) >= 11 is 1.69. The number of aliphatic carboxylic acids is 1. The van der Waals surface area contributed by atoms with Gasteiger partial charge in [0.1, 0.15) is 0 Å². The standard InChI is InChI=1S/C16H23NO3S/c1-11(10-12-6-5-9-21-12)17(2)15(18)13-7-3-4-8-14(13)16(19)20/h5-6,9,11,13-14H,3-4,7-8,10H2,1-2H3,(H,19,20). The van der Waals surface area contributed by atoms with E-state index in [1.807, 2.05) is 18.4 Å². The van der Waals surface area contributed by atoms with E-state index in [1.165, 1.54) is 4.88 Å². The highest BCUT2D eigenvalue weighted by atomic mass is 32.1. The minimum atomic E-state index is -0.827. The van der Waals surface area contributed by atoms with E-state index < -0.39 is 11.9 Å². The Morgan fingerprint density at radius 1 is 1.38 bits per heavy atom. The van der Waals surface area contributed by atoms with E-state index in [1.54, 1.807) is 23.3 Å². The molecule has 0 spiro atoms. The molecule has 2 rings (SSSR count). The molecule has 0 radical (unpaired) electrons. The lowest BCUT2D eigenvalue weighted by Gasteiger charge is -2.33. The Morgan fingerprint density at radius 2 is 2.05 bits per heavy atom. The zero-order valence-corrected chi connectivity index (χ0v) is 13.4. The van der Waals surface area contributed by atoms with Gasteiger partial charge in [0.15, 0.2) is 0 Å². The van der Waals surface area contributed by atoms with Crippen LogP contribution in [-0.2, 0) is 16.0 Å². The topological polar surface area (TPSA) is 57.6 Å². The molecule has 116 valence electrons. The molecule has 0 aliphatic heterocycles. The number of nitrogens with zero attached hydrogens (tertiary/aromatic N) is 1. The predicted molar refractivity (Wildman–Crippen MR) is 83.3 cm³/mol. The van der Waals surface area contributed by atoms with Crippen LogP contribution in [0.5, 0.6) is 0 Å². The maximum Gasteiger partial charge on any atom is 0.307 e. The van der Waals surface area contributed by atoms with Gasteiger partial charge in [-0.2, -0.15) is 0 Å². The Hall–Kier alpha value is -1.36. The number of carboxylic acid groups (broad SMARTS) is 1. The van der Waals surface area contributed by atoms with Crippen LogP contribution in [0.25, 0.3) is 0 Å². The van der Waals surface area contributed by atoms with Gasteiger partial charge in [0, 0.05) is 24.4 Å². The molecule has 1 saturated carbocycles. The molecule has 1 fully saturated rings. The quantitative estimate of drug-likeness (QED) is 0.909. The molecule has 1 N–H and O–H groups in total. The summed E-state index contributed by atoms with van der Waals surface area (Å²) in [5, 5.41) is 11.3. The number of hydrogen-bond donors (Lipinski definition) is 1. The SMILES string of the molecule is CC(Cc1cccs1)N(C)C(=O)C1CCCCC1C(=O)O. The number of rotatable bonds is 5. The first kappa shape index (κ1) is 16.0. The minimum absolute atomic E-state index is 0.00819. The molecule has 5 heteroatoms. The van der Waals surface area contributed by atoms with Crippen LogP contribution >= 0.6 is 11.3 Å². The number of carbonyl (C=O) groups excluding carboxylic acids is 1. The zero-order valence-electron chi connectivity index (χ0n) is 12.6. The summed E-state index contributed by atoms with van der Waals surface area (Å²) in [6.07, 6.45) is 4.01. The van der Waals surface area contributed by atoms with Gasteiger partial charge in [-0.3, -0.25) is 9.59 Å². The summed E-state index contributed by atoms with van der Waals surface area (Å²) in [6, 6.07) is 4.17. The first-order valence-corrected chi connectivity index (χ1v) is 8.40. The molecule has 1 aromatic heterocycles. The summed E-state index contributed by atoms with van der Waals surface area (Å²) in [5.41, 5.74) is 0. The molecular formula is C16H23NO3S. The molecule has 1 aliphatic carbocycles. The summed E-state index contributed by atoms with van der Waals surface area (Å²) < 4.78 is 0. The largest absolute Gasteiger partial charge is 0.481 e. The van der Waals surface area contributed by atoms with Gasteiger partial charge in [0.25, 0.3) is 0 Å². The molecule has 4 nitrogen and oxygen atoms in total. The Balaban J connectivity index is 2.01. The van der Waals surface area contributed by atoms with E-state index >= 15 is 0 Å². The fourth-order valence-electron chi connectivity index (χ4n) is 3.06. The van der Waals surface area contributed by atoms with Crippen molar-refractivity contribution in [2.75, 3.05) is 7.05 Å². The Kier molecular flexibility index (Phi) is 5.39. The minimum Gasteiger partial charge on any atom is -0.481 e. The van der Waals surface area contributed by atoms with Crippen molar-refractivity contribution in [1.82, 2.24) is 4.90 Å². The normalized spacial score (nSPS) is 23.5. The maximum absolute atomic E-state index is 12.6. The lowest BCUT2D eigenvalue weighted by Crippen LogP contribution is -2.44. The van der Waals surface area contributed by atoms with Crippen molar-refractivity contribution < 1.29 is 14.7 Å². The summed E-state index contributed by atoms with van der Waals surface area (Å²) in [4.78, 5) is 27.0. The molecule has 3 atom stereocenters. The zero-order chi connectivity index (χ0) is 15.4. The number of thiophene rings is 1. The first-order chi connectivity index (χ1) is 10.0. The van der Waals surface area contributed by atoms with Crippen molar-refractivity contribution in [3.8, 4) is 0 Å². The number of hydrogen-bond acceptors (Lipinski definition) is 3. The molecule has 21 heavy (non-hydrogen) atoms. The van der Waals surface area contributed by atoms with Gasteiger partial charge >= 0.3 is 5.97 Å². The summed E-state index contributed by atoms with van der Waals surface area (Å²) in [5.74, 6) is -1.70.